The molecule has 0 amide bonds. The number of rotatable bonds is 5. The highest BCUT2D eigenvalue weighted by Crippen LogP contribution is 2.72. The van der Waals surface area contributed by atoms with Gasteiger partial charge < -0.3 is 11.1 Å². The number of hydrogen-bond donors (Lipinski definition) is 2. The number of hydrogen-bond acceptors (Lipinski definition) is 2. The lowest BCUT2D eigenvalue weighted by atomic mass is 9.36. The normalized spacial score (nSPS) is 44.8. The SMILES string of the molecule is CC1(CCCl)C2CC3(C(=S)N[C@H]4CC[C@H](N)CC4)CC1CC(c1ccccc1)(C2)C3. The second kappa shape index (κ2) is 7.74. The van der Waals surface area contributed by atoms with Gasteiger partial charge in [-0.2, -0.15) is 0 Å². The lowest BCUT2D eigenvalue weighted by molar-refractivity contribution is -0.134. The molecule has 0 heterocycles. The van der Waals surface area contributed by atoms with E-state index in [0.717, 1.165) is 49.8 Å². The zero-order valence-corrected chi connectivity index (χ0v) is 19.9. The Morgan fingerprint density at radius 1 is 1.07 bits per heavy atom. The number of alkyl halides is 1. The molecule has 1 aromatic rings. The van der Waals surface area contributed by atoms with Crippen LogP contribution in [-0.4, -0.2) is 23.0 Å². The summed E-state index contributed by atoms with van der Waals surface area (Å²) in [5.74, 6) is 2.22. The molecule has 0 radical (unpaired) electrons. The third-order valence-corrected chi connectivity index (χ3v) is 10.4. The van der Waals surface area contributed by atoms with Gasteiger partial charge in [-0.15, -0.1) is 11.6 Å². The summed E-state index contributed by atoms with van der Waals surface area (Å²) in [6.07, 6.45) is 12.1. The fraction of sp³-hybridized carbons (Fsp3) is 0.731. The highest BCUT2D eigenvalue weighted by molar-refractivity contribution is 7.80. The molecule has 0 aliphatic heterocycles. The van der Waals surface area contributed by atoms with E-state index in [1.54, 1.807) is 5.56 Å². The van der Waals surface area contributed by atoms with Crippen LogP contribution in [0.3, 0.4) is 0 Å². The largest absolute Gasteiger partial charge is 0.376 e. The van der Waals surface area contributed by atoms with E-state index in [4.69, 9.17) is 29.6 Å². The van der Waals surface area contributed by atoms with Crippen molar-refractivity contribution in [2.45, 2.75) is 88.6 Å². The first-order valence-electron chi connectivity index (χ1n) is 12.1. The lowest BCUT2D eigenvalue weighted by Crippen LogP contribution is -2.65. The van der Waals surface area contributed by atoms with Crippen molar-refractivity contribution in [2.24, 2.45) is 28.4 Å². The Morgan fingerprint density at radius 3 is 2.30 bits per heavy atom. The monoisotopic (exact) mass is 444 g/mol. The van der Waals surface area contributed by atoms with Crippen molar-refractivity contribution in [3.8, 4) is 0 Å². The second-order valence-corrected chi connectivity index (χ2v) is 12.1. The summed E-state index contributed by atoms with van der Waals surface area (Å²) in [7, 11) is 0. The molecular formula is C26H37ClN2S. The molecule has 5 saturated carbocycles. The van der Waals surface area contributed by atoms with Gasteiger partial charge in [0.15, 0.2) is 0 Å². The van der Waals surface area contributed by atoms with E-state index in [2.05, 4.69) is 42.6 Å². The maximum absolute atomic E-state index is 6.32. The molecule has 4 heteroatoms. The molecule has 4 bridgehead atoms. The molecule has 2 nitrogen and oxygen atoms in total. The summed E-state index contributed by atoms with van der Waals surface area (Å²) >= 11 is 12.6. The molecule has 5 aliphatic rings. The van der Waals surface area contributed by atoms with Crippen LogP contribution in [0.15, 0.2) is 30.3 Å². The summed E-state index contributed by atoms with van der Waals surface area (Å²) in [5.41, 5.74) is 8.52. The highest BCUT2D eigenvalue weighted by atomic mass is 35.5. The molecule has 2 unspecified atom stereocenters. The van der Waals surface area contributed by atoms with Crippen molar-refractivity contribution >= 4 is 28.8 Å². The van der Waals surface area contributed by atoms with Crippen molar-refractivity contribution in [3.63, 3.8) is 0 Å². The van der Waals surface area contributed by atoms with Crippen molar-refractivity contribution in [1.82, 2.24) is 5.32 Å². The summed E-state index contributed by atoms with van der Waals surface area (Å²) in [5, 5.41) is 3.87. The maximum atomic E-state index is 6.32. The third kappa shape index (κ3) is 3.35. The van der Waals surface area contributed by atoms with E-state index >= 15 is 0 Å². The molecule has 164 valence electrons. The number of benzene rings is 1. The molecule has 0 spiro atoms. The highest BCUT2D eigenvalue weighted by Gasteiger charge is 2.66. The third-order valence-electron chi connectivity index (χ3n) is 9.70. The van der Waals surface area contributed by atoms with E-state index < -0.39 is 0 Å². The zero-order chi connectivity index (χ0) is 21.0. The van der Waals surface area contributed by atoms with Gasteiger partial charge in [0.1, 0.15) is 0 Å². The van der Waals surface area contributed by atoms with Crippen LogP contribution < -0.4 is 11.1 Å². The number of halogens is 1. The topological polar surface area (TPSA) is 38.0 Å². The van der Waals surface area contributed by atoms with Gasteiger partial charge in [0.2, 0.25) is 0 Å². The lowest BCUT2D eigenvalue weighted by Gasteiger charge is -2.69. The average molecular weight is 445 g/mol. The first-order chi connectivity index (χ1) is 14.4. The second-order valence-electron chi connectivity index (χ2n) is 11.3. The molecule has 6 rings (SSSR count). The Balaban J connectivity index is 1.45. The minimum Gasteiger partial charge on any atom is -0.376 e. The minimum atomic E-state index is 0.169. The van der Waals surface area contributed by atoms with Gasteiger partial charge in [-0.25, -0.2) is 0 Å². The van der Waals surface area contributed by atoms with Crippen LogP contribution in [0, 0.1) is 22.7 Å². The maximum Gasteiger partial charge on any atom is 0.0818 e. The van der Waals surface area contributed by atoms with E-state index in [1.807, 2.05) is 0 Å². The quantitative estimate of drug-likeness (QED) is 0.434. The summed E-state index contributed by atoms with van der Waals surface area (Å²) < 4.78 is 0. The van der Waals surface area contributed by atoms with Gasteiger partial charge in [0.25, 0.3) is 0 Å². The van der Waals surface area contributed by atoms with Crippen LogP contribution in [-0.2, 0) is 5.41 Å². The average Bonchev–Trinajstić information content (AvgIpc) is 2.74. The van der Waals surface area contributed by atoms with Gasteiger partial charge in [-0.3, -0.25) is 0 Å². The van der Waals surface area contributed by atoms with E-state index in [9.17, 15) is 0 Å². The molecule has 5 fully saturated rings. The smallest absolute Gasteiger partial charge is 0.0818 e. The minimum absolute atomic E-state index is 0.169. The molecule has 1 aromatic carbocycles. The van der Waals surface area contributed by atoms with Crippen LogP contribution in [0.4, 0.5) is 0 Å². The number of nitrogens with one attached hydrogen (secondary N) is 1. The van der Waals surface area contributed by atoms with Gasteiger partial charge in [-0.1, -0.05) is 49.5 Å². The first kappa shape index (κ1) is 21.2. The van der Waals surface area contributed by atoms with Crippen LogP contribution in [0.2, 0.25) is 0 Å². The van der Waals surface area contributed by atoms with E-state index in [1.165, 1.54) is 37.1 Å². The molecule has 0 saturated heterocycles. The van der Waals surface area contributed by atoms with Crippen LogP contribution in [0.25, 0.3) is 0 Å². The summed E-state index contributed by atoms with van der Waals surface area (Å²) in [6, 6.07) is 12.2. The molecule has 30 heavy (non-hydrogen) atoms. The molecular weight excluding hydrogens is 408 g/mol. The number of nitrogens with two attached hydrogens (primary N) is 1. The fourth-order valence-corrected chi connectivity index (χ4v) is 8.82. The molecule has 0 aromatic heterocycles. The van der Waals surface area contributed by atoms with Gasteiger partial charge >= 0.3 is 0 Å². The predicted molar refractivity (Wildman–Crippen MR) is 130 cm³/mol. The molecule has 5 aliphatic carbocycles. The number of thiocarbonyl (C=S) groups is 1. The summed E-state index contributed by atoms with van der Waals surface area (Å²) in [4.78, 5) is 1.17. The van der Waals surface area contributed by atoms with Gasteiger partial charge in [0.05, 0.1) is 4.99 Å². The zero-order valence-electron chi connectivity index (χ0n) is 18.3. The van der Waals surface area contributed by atoms with Gasteiger partial charge in [-0.05, 0) is 92.4 Å². The van der Waals surface area contributed by atoms with Crippen molar-refractivity contribution < 1.29 is 0 Å². The summed E-state index contributed by atoms with van der Waals surface area (Å²) in [6.45, 7) is 2.54. The Bertz CT molecular complexity index is 769. The predicted octanol–water partition coefficient (Wildman–Crippen LogP) is 5.96. The Morgan fingerprint density at radius 2 is 1.70 bits per heavy atom. The Labute approximate surface area is 192 Å². The van der Waals surface area contributed by atoms with Gasteiger partial charge in [0, 0.05) is 23.4 Å². The fourth-order valence-electron chi connectivity index (χ4n) is 8.01. The Kier molecular flexibility index (Phi) is 5.48. The van der Waals surface area contributed by atoms with Crippen molar-refractivity contribution in [1.29, 1.82) is 0 Å². The molecule has 2 atom stereocenters. The standard InChI is InChI=1S/C26H37ClN2S/c1-24(11-12-27)19-13-25(18-5-3-2-4-6-18)14-20(24)16-26(15-19,17-25)23(30)29-22-9-7-21(28)8-10-22/h2-6,19-22H,7-17,28H2,1H3,(H,29,30)/t19?,20?,21-,22-,24?,25?,26?. The Hall–Kier alpha value is -0.640. The van der Waals surface area contributed by atoms with E-state index in [-0.39, 0.29) is 5.41 Å². The van der Waals surface area contributed by atoms with Crippen LogP contribution >= 0.6 is 23.8 Å². The first-order valence-corrected chi connectivity index (χ1v) is 13.0. The molecule has 3 N–H and O–H groups in total. The van der Waals surface area contributed by atoms with Crippen LogP contribution in [0.1, 0.15) is 76.7 Å². The van der Waals surface area contributed by atoms with Crippen molar-refractivity contribution in [3.05, 3.63) is 35.9 Å². The van der Waals surface area contributed by atoms with Crippen molar-refractivity contribution in [2.75, 3.05) is 5.88 Å². The van der Waals surface area contributed by atoms with E-state index in [0.29, 0.717) is 22.9 Å². The van der Waals surface area contributed by atoms with Crippen LogP contribution in [0.5, 0.6) is 0 Å².